The van der Waals surface area contributed by atoms with Crippen LogP contribution in [-0.4, -0.2) is 59.2 Å². The summed E-state index contributed by atoms with van der Waals surface area (Å²) in [4.78, 5) is 12.2. The van der Waals surface area contributed by atoms with Crippen LogP contribution >= 0.6 is 0 Å². The van der Waals surface area contributed by atoms with Crippen molar-refractivity contribution in [1.29, 1.82) is 0 Å². The van der Waals surface area contributed by atoms with Crippen LogP contribution in [0.4, 0.5) is 0 Å². The second kappa shape index (κ2) is 10.4. The third-order valence-electron chi connectivity index (χ3n) is 4.04. The molecule has 0 spiro atoms. The third kappa shape index (κ3) is 5.87. The molecule has 0 saturated carbocycles. The Balaban J connectivity index is 1.79. The molecule has 1 fully saturated rings. The molecule has 1 heterocycles. The molecular formula is C18H27NO5. The number of hydrogen-bond acceptors (Lipinski definition) is 6. The largest absolute Gasteiger partial charge is 0.452 e. The van der Waals surface area contributed by atoms with Gasteiger partial charge in [0.2, 0.25) is 0 Å². The van der Waals surface area contributed by atoms with Gasteiger partial charge >= 0.3 is 5.97 Å². The number of ether oxygens (including phenoxy) is 4. The molecule has 2 rings (SSSR count). The number of hydrogen-bond donors (Lipinski definition) is 1. The third-order valence-corrected chi connectivity index (χ3v) is 4.04. The normalized spacial score (nSPS) is 16.7. The van der Waals surface area contributed by atoms with Gasteiger partial charge in [0.05, 0.1) is 26.4 Å². The highest BCUT2D eigenvalue weighted by molar-refractivity contribution is 5.71. The van der Waals surface area contributed by atoms with Crippen molar-refractivity contribution in [2.75, 3.05) is 53.2 Å². The number of piperidine rings is 1. The molecule has 6 nitrogen and oxygen atoms in total. The summed E-state index contributed by atoms with van der Waals surface area (Å²) in [5.41, 5.74) is 0.491. The fraction of sp³-hybridized carbons (Fsp3) is 0.611. The number of esters is 1. The zero-order valence-corrected chi connectivity index (χ0v) is 14.3. The Hall–Kier alpha value is -1.47. The highest BCUT2D eigenvalue weighted by atomic mass is 16.6. The van der Waals surface area contributed by atoms with Crippen LogP contribution in [0.1, 0.15) is 18.4 Å². The van der Waals surface area contributed by atoms with Crippen molar-refractivity contribution >= 4 is 5.97 Å². The molecule has 0 radical (unpaired) electrons. The first-order valence-corrected chi connectivity index (χ1v) is 8.39. The van der Waals surface area contributed by atoms with Crippen LogP contribution in [0.5, 0.6) is 0 Å². The molecule has 0 unspecified atom stereocenters. The monoisotopic (exact) mass is 337 g/mol. The van der Waals surface area contributed by atoms with Crippen LogP contribution < -0.4 is 5.32 Å². The van der Waals surface area contributed by atoms with Crippen molar-refractivity contribution < 1.29 is 23.7 Å². The SMILES string of the molecule is COCCOCCOCC(=O)OC1(c2ccccc2)CCNCC1. The molecule has 0 aromatic heterocycles. The molecule has 0 amide bonds. The average molecular weight is 337 g/mol. The lowest BCUT2D eigenvalue weighted by molar-refractivity contribution is -0.170. The first kappa shape index (κ1) is 18.9. The lowest BCUT2D eigenvalue weighted by Crippen LogP contribution is -2.43. The van der Waals surface area contributed by atoms with Crippen LogP contribution in [0.3, 0.4) is 0 Å². The molecule has 0 atom stereocenters. The number of rotatable bonds is 10. The molecule has 1 aromatic carbocycles. The van der Waals surface area contributed by atoms with Gasteiger partial charge in [-0.05, 0) is 18.7 Å². The molecule has 6 heteroatoms. The van der Waals surface area contributed by atoms with Gasteiger partial charge in [-0.15, -0.1) is 0 Å². The van der Waals surface area contributed by atoms with Gasteiger partial charge in [-0.1, -0.05) is 30.3 Å². The second-order valence-electron chi connectivity index (χ2n) is 5.74. The minimum absolute atomic E-state index is 0.0599. The molecule has 1 aliphatic heterocycles. The van der Waals surface area contributed by atoms with Crippen molar-refractivity contribution in [3.05, 3.63) is 35.9 Å². The summed E-state index contributed by atoms with van der Waals surface area (Å²) in [5, 5.41) is 3.31. The maximum absolute atomic E-state index is 12.2. The smallest absolute Gasteiger partial charge is 0.332 e. The molecule has 24 heavy (non-hydrogen) atoms. The van der Waals surface area contributed by atoms with E-state index in [9.17, 15) is 4.79 Å². The van der Waals surface area contributed by atoms with Gasteiger partial charge in [0, 0.05) is 20.0 Å². The molecule has 1 N–H and O–H groups in total. The van der Waals surface area contributed by atoms with E-state index in [-0.39, 0.29) is 12.6 Å². The molecule has 1 aromatic rings. The van der Waals surface area contributed by atoms with Crippen molar-refractivity contribution in [3.8, 4) is 0 Å². The summed E-state index contributed by atoms with van der Waals surface area (Å²) in [6.45, 7) is 3.47. The first-order chi connectivity index (χ1) is 11.8. The summed E-state index contributed by atoms with van der Waals surface area (Å²) in [5.74, 6) is -0.336. The second-order valence-corrected chi connectivity index (χ2v) is 5.74. The Morgan fingerprint density at radius 1 is 1.04 bits per heavy atom. The number of nitrogens with one attached hydrogen (secondary N) is 1. The Kier molecular flexibility index (Phi) is 8.18. The number of carbonyl (C=O) groups excluding carboxylic acids is 1. The molecule has 0 bridgehead atoms. The maximum Gasteiger partial charge on any atom is 0.332 e. The zero-order valence-electron chi connectivity index (χ0n) is 14.3. The summed E-state index contributed by atoms with van der Waals surface area (Å²) < 4.78 is 21.4. The quantitative estimate of drug-likeness (QED) is 0.515. The van der Waals surface area contributed by atoms with Crippen molar-refractivity contribution in [2.24, 2.45) is 0 Å². The van der Waals surface area contributed by atoms with Crippen LogP contribution in [0, 0.1) is 0 Å². The Labute approximate surface area is 143 Å². The van der Waals surface area contributed by atoms with E-state index in [0.29, 0.717) is 26.4 Å². The van der Waals surface area contributed by atoms with E-state index < -0.39 is 5.60 Å². The van der Waals surface area contributed by atoms with E-state index in [1.807, 2.05) is 30.3 Å². The fourth-order valence-electron chi connectivity index (χ4n) is 2.79. The van der Waals surface area contributed by atoms with Gasteiger partial charge in [0.25, 0.3) is 0 Å². The zero-order chi connectivity index (χ0) is 17.1. The minimum atomic E-state index is -0.554. The lowest BCUT2D eigenvalue weighted by Gasteiger charge is -2.37. The standard InChI is InChI=1S/C18H27NO5/c1-21-11-12-22-13-14-23-15-17(20)24-18(7-9-19-10-8-18)16-5-3-2-4-6-16/h2-6,19H,7-15H2,1H3. The van der Waals surface area contributed by atoms with E-state index in [1.54, 1.807) is 7.11 Å². The average Bonchev–Trinajstić information content (AvgIpc) is 2.62. The number of carbonyl (C=O) groups is 1. The predicted octanol–water partition coefficient (Wildman–Crippen LogP) is 1.49. The van der Waals surface area contributed by atoms with Crippen molar-refractivity contribution in [2.45, 2.75) is 18.4 Å². The summed E-state index contributed by atoms with van der Waals surface area (Å²) >= 11 is 0. The van der Waals surface area contributed by atoms with E-state index in [4.69, 9.17) is 18.9 Å². The number of methoxy groups -OCH3 is 1. The molecule has 0 aliphatic carbocycles. The van der Waals surface area contributed by atoms with Crippen LogP contribution in [0.25, 0.3) is 0 Å². The lowest BCUT2D eigenvalue weighted by atomic mass is 9.85. The van der Waals surface area contributed by atoms with Crippen molar-refractivity contribution in [1.82, 2.24) is 5.32 Å². The van der Waals surface area contributed by atoms with Gasteiger partial charge in [0.1, 0.15) is 12.2 Å². The maximum atomic E-state index is 12.2. The van der Waals surface area contributed by atoms with Crippen molar-refractivity contribution in [3.63, 3.8) is 0 Å². The van der Waals surface area contributed by atoms with Crippen LogP contribution in [0.15, 0.2) is 30.3 Å². The Bertz CT molecular complexity index is 474. The summed E-state index contributed by atoms with van der Waals surface area (Å²) in [7, 11) is 1.62. The van der Waals surface area contributed by atoms with Gasteiger partial charge < -0.3 is 24.3 Å². The van der Waals surface area contributed by atoms with Gasteiger partial charge in [-0.25, -0.2) is 4.79 Å². The molecular weight excluding hydrogens is 310 g/mol. The highest BCUT2D eigenvalue weighted by Gasteiger charge is 2.37. The van der Waals surface area contributed by atoms with Crippen LogP contribution in [-0.2, 0) is 29.3 Å². The molecule has 134 valence electrons. The van der Waals surface area contributed by atoms with Gasteiger partial charge in [-0.2, -0.15) is 0 Å². The van der Waals surface area contributed by atoms with Gasteiger partial charge in [0.15, 0.2) is 0 Å². The molecule has 1 aliphatic rings. The van der Waals surface area contributed by atoms with E-state index in [2.05, 4.69) is 5.32 Å². The minimum Gasteiger partial charge on any atom is -0.452 e. The molecule has 1 saturated heterocycles. The Morgan fingerprint density at radius 2 is 1.71 bits per heavy atom. The Morgan fingerprint density at radius 3 is 2.42 bits per heavy atom. The summed E-state index contributed by atoms with van der Waals surface area (Å²) in [6.07, 6.45) is 1.53. The van der Waals surface area contributed by atoms with Gasteiger partial charge in [-0.3, -0.25) is 0 Å². The predicted molar refractivity (Wildman–Crippen MR) is 89.8 cm³/mol. The summed E-state index contributed by atoms with van der Waals surface area (Å²) in [6, 6.07) is 9.95. The fourth-order valence-corrected chi connectivity index (χ4v) is 2.79. The van der Waals surface area contributed by atoms with E-state index in [1.165, 1.54) is 0 Å². The first-order valence-electron chi connectivity index (χ1n) is 8.39. The van der Waals surface area contributed by atoms with E-state index >= 15 is 0 Å². The van der Waals surface area contributed by atoms with Crippen LogP contribution in [0.2, 0.25) is 0 Å². The number of benzene rings is 1. The highest BCUT2D eigenvalue weighted by Crippen LogP contribution is 2.34. The topological polar surface area (TPSA) is 66.0 Å². The van der Waals surface area contributed by atoms with E-state index in [0.717, 1.165) is 31.5 Å².